The zero-order chi connectivity index (χ0) is 18.0. The van der Waals surface area contributed by atoms with Crippen LogP contribution in [0.3, 0.4) is 0 Å². The minimum Gasteiger partial charge on any atom is -0.353 e. The maximum atomic E-state index is 4.71. The summed E-state index contributed by atoms with van der Waals surface area (Å²) >= 11 is 0. The highest BCUT2D eigenvalue weighted by atomic mass is 15.3. The lowest BCUT2D eigenvalue weighted by Crippen LogP contribution is -2.53. The van der Waals surface area contributed by atoms with Gasteiger partial charge < -0.3 is 9.38 Å². The Balaban J connectivity index is 1.51. The van der Waals surface area contributed by atoms with E-state index >= 15 is 0 Å². The molecule has 1 aromatic carbocycles. The zero-order valence-corrected chi connectivity index (χ0v) is 16.3. The molecule has 1 unspecified atom stereocenters. The smallest absolute Gasteiger partial charge is 0.128 e. The van der Waals surface area contributed by atoms with E-state index in [2.05, 4.69) is 55.4 Å². The molecule has 1 atom stereocenters. The van der Waals surface area contributed by atoms with Crippen LogP contribution in [0, 0.1) is 0 Å². The van der Waals surface area contributed by atoms with Gasteiger partial charge in [0.05, 0.1) is 26.7 Å². The summed E-state index contributed by atoms with van der Waals surface area (Å²) in [6, 6.07) is 16.6. The normalized spacial score (nSPS) is 22.2. The van der Waals surface area contributed by atoms with Crippen molar-refractivity contribution in [2.24, 2.45) is 0 Å². The summed E-state index contributed by atoms with van der Waals surface area (Å²) in [5.74, 6) is 1.14. The van der Waals surface area contributed by atoms with Gasteiger partial charge in [0, 0.05) is 25.2 Å². The van der Waals surface area contributed by atoms with E-state index in [0.29, 0.717) is 6.04 Å². The summed E-state index contributed by atoms with van der Waals surface area (Å²) in [5.41, 5.74) is 3.04. The average Bonchev–Trinajstić information content (AvgIpc) is 3.07. The predicted octanol–water partition coefficient (Wildman–Crippen LogP) is 4.07. The number of benzene rings is 1. The van der Waals surface area contributed by atoms with E-state index < -0.39 is 0 Å². The quantitative estimate of drug-likeness (QED) is 0.756. The number of rotatable bonds is 5. The van der Waals surface area contributed by atoms with Crippen LogP contribution in [0.4, 0.5) is 5.82 Å². The standard InChI is InChI=1S/C23H32N3/c1-26(2)16-8-6-11-22(26)13-15-25(23-12-5-7-14-24-23)21-17-19-9-3-4-10-20(19)18-21/h3-5,7,9-10,12,14,21-22H,6,8,11,13,15-18H2,1-2H3/q+1. The number of likely N-dealkylation sites (tertiary alicyclic amines) is 1. The van der Waals surface area contributed by atoms with Crippen LogP contribution >= 0.6 is 0 Å². The first kappa shape index (κ1) is 17.5. The summed E-state index contributed by atoms with van der Waals surface area (Å²) < 4.78 is 1.18. The molecule has 1 aliphatic heterocycles. The van der Waals surface area contributed by atoms with Crippen molar-refractivity contribution in [2.75, 3.05) is 32.1 Å². The van der Waals surface area contributed by atoms with Gasteiger partial charge in [0.1, 0.15) is 5.82 Å². The predicted molar refractivity (Wildman–Crippen MR) is 108 cm³/mol. The Morgan fingerprint density at radius 2 is 1.73 bits per heavy atom. The first-order valence-electron chi connectivity index (χ1n) is 10.2. The molecule has 0 bridgehead atoms. The molecule has 2 heterocycles. The molecule has 3 heteroatoms. The number of quaternary nitrogens is 1. The summed E-state index contributed by atoms with van der Waals surface area (Å²) in [5, 5.41) is 0. The van der Waals surface area contributed by atoms with E-state index in [1.807, 2.05) is 12.3 Å². The molecular weight excluding hydrogens is 318 g/mol. The fourth-order valence-corrected chi connectivity index (χ4v) is 4.98. The molecule has 2 aromatic rings. The maximum absolute atomic E-state index is 4.71. The van der Waals surface area contributed by atoms with Crippen molar-refractivity contribution in [3.05, 3.63) is 59.8 Å². The van der Waals surface area contributed by atoms with E-state index in [0.717, 1.165) is 31.2 Å². The summed E-state index contributed by atoms with van der Waals surface area (Å²) in [6.07, 6.45) is 9.64. The van der Waals surface area contributed by atoms with Gasteiger partial charge in [0.15, 0.2) is 0 Å². The number of pyridine rings is 1. The van der Waals surface area contributed by atoms with Crippen LogP contribution in [-0.4, -0.2) is 48.7 Å². The van der Waals surface area contributed by atoms with Gasteiger partial charge in [-0.25, -0.2) is 4.98 Å². The lowest BCUT2D eigenvalue weighted by Gasteiger charge is -2.43. The van der Waals surface area contributed by atoms with Gasteiger partial charge in [-0.3, -0.25) is 0 Å². The van der Waals surface area contributed by atoms with Crippen molar-refractivity contribution in [1.82, 2.24) is 4.98 Å². The summed E-state index contributed by atoms with van der Waals surface area (Å²) in [6.45, 7) is 2.44. The second-order valence-corrected chi connectivity index (χ2v) is 8.65. The molecule has 0 N–H and O–H groups in total. The van der Waals surface area contributed by atoms with Gasteiger partial charge in [-0.1, -0.05) is 30.3 Å². The molecule has 138 valence electrons. The van der Waals surface area contributed by atoms with Crippen LogP contribution in [0.5, 0.6) is 0 Å². The van der Waals surface area contributed by atoms with Crippen molar-refractivity contribution in [3.8, 4) is 0 Å². The number of piperidine rings is 1. The van der Waals surface area contributed by atoms with Gasteiger partial charge in [0.2, 0.25) is 0 Å². The molecule has 26 heavy (non-hydrogen) atoms. The topological polar surface area (TPSA) is 16.1 Å². The number of anilines is 1. The summed E-state index contributed by atoms with van der Waals surface area (Å²) in [4.78, 5) is 7.30. The summed E-state index contributed by atoms with van der Waals surface area (Å²) in [7, 11) is 4.83. The second kappa shape index (κ2) is 7.40. The first-order valence-corrected chi connectivity index (χ1v) is 10.2. The molecule has 1 aliphatic carbocycles. The molecule has 0 spiro atoms. The molecule has 4 rings (SSSR count). The maximum Gasteiger partial charge on any atom is 0.128 e. The van der Waals surface area contributed by atoms with Crippen molar-refractivity contribution < 1.29 is 4.48 Å². The average molecular weight is 351 g/mol. The largest absolute Gasteiger partial charge is 0.353 e. The molecule has 3 nitrogen and oxygen atoms in total. The first-order chi connectivity index (χ1) is 12.6. The highest BCUT2D eigenvalue weighted by Gasteiger charge is 2.33. The van der Waals surface area contributed by atoms with Crippen molar-refractivity contribution in [3.63, 3.8) is 0 Å². The van der Waals surface area contributed by atoms with E-state index in [-0.39, 0.29) is 0 Å². The fourth-order valence-electron chi connectivity index (χ4n) is 4.98. The third-order valence-electron chi connectivity index (χ3n) is 6.63. The minimum absolute atomic E-state index is 0.543. The molecule has 0 radical (unpaired) electrons. The van der Waals surface area contributed by atoms with Crippen LogP contribution in [0.15, 0.2) is 48.7 Å². The number of fused-ring (bicyclic) bond motifs is 1. The van der Waals surface area contributed by atoms with E-state index in [1.165, 1.54) is 47.8 Å². The molecule has 0 amide bonds. The molecule has 1 saturated heterocycles. The Hall–Kier alpha value is -1.87. The van der Waals surface area contributed by atoms with Crippen LogP contribution in [0.25, 0.3) is 0 Å². The van der Waals surface area contributed by atoms with Crippen molar-refractivity contribution >= 4 is 5.82 Å². The number of aromatic nitrogens is 1. The SMILES string of the molecule is C[N+]1(C)CCCCC1CCN(c1ccccn1)C1Cc2ccccc2C1. The Labute approximate surface area is 158 Å². The Bertz CT molecular complexity index is 700. The molecule has 1 aromatic heterocycles. The lowest BCUT2D eigenvalue weighted by molar-refractivity contribution is -0.920. The van der Waals surface area contributed by atoms with E-state index in [9.17, 15) is 0 Å². The Morgan fingerprint density at radius 3 is 2.38 bits per heavy atom. The van der Waals surface area contributed by atoms with Crippen LogP contribution in [0.2, 0.25) is 0 Å². The van der Waals surface area contributed by atoms with Gasteiger partial charge in [-0.2, -0.15) is 0 Å². The van der Waals surface area contributed by atoms with E-state index in [4.69, 9.17) is 4.98 Å². The van der Waals surface area contributed by atoms with Gasteiger partial charge in [0.25, 0.3) is 0 Å². The van der Waals surface area contributed by atoms with Crippen molar-refractivity contribution in [1.29, 1.82) is 0 Å². The fraction of sp³-hybridized carbons (Fsp3) is 0.522. The molecule has 0 saturated carbocycles. The third-order valence-corrected chi connectivity index (χ3v) is 6.63. The molecule has 1 fully saturated rings. The second-order valence-electron chi connectivity index (χ2n) is 8.65. The van der Waals surface area contributed by atoms with Gasteiger partial charge in [-0.05, 0) is 55.4 Å². The lowest BCUT2D eigenvalue weighted by atomic mass is 9.97. The zero-order valence-electron chi connectivity index (χ0n) is 16.3. The third kappa shape index (κ3) is 3.64. The molecular formula is C23H32N3+. The Morgan fingerprint density at radius 1 is 1.00 bits per heavy atom. The number of hydrogen-bond donors (Lipinski definition) is 0. The highest BCUT2D eigenvalue weighted by Crippen LogP contribution is 2.30. The van der Waals surface area contributed by atoms with Gasteiger partial charge in [-0.15, -0.1) is 0 Å². The van der Waals surface area contributed by atoms with Gasteiger partial charge >= 0.3 is 0 Å². The number of hydrogen-bond acceptors (Lipinski definition) is 2. The van der Waals surface area contributed by atoms with E-state index in [1.54, 1.807) is 0 Å². The molecule has 2 aliphatic rings. The monoisotopic (exact) mass is 350 g/mol. The van der Waals surface area contributed by atoms with Crippen LogP contribution in [-0.2, 0) is 12.8 Å². The minimum atomic E-state index is 0.543. The van der Waals surface area contributed by atoms with Crippen LogP contribution in [0.1, 0.15) is 36.8 Å². The van der Waals surface area contributed by atoms with Crippen LogP contribution < -0.4 is 4.90 Å². The highest BCUT2D eigenvalue weighted by molar-refractivity contribution is 5.44. The Kier molecular flexibility index (Phi) is 4.99. The number of nitrogens with zero attached hydrogens (tertiary/aromatic N) is 3. The van der Waals surface area contributed by atoms with Crippen molar-refractivity contribution in [2.45, 2.75) is 50.6 Å².